The highest BCUT2D eigenvalue weighted by Crippen LogP contribution is 2.41. The smallest absolute Gasteiger partial charge is 0.309 e. The van der Waals surface area contributed by atoms with E-state index in [1.807, 2.05) is 18.2 Å². The Morgan fingerprint density at radius 3 is 2.33 bits per heavy atom. The zero-order valence-electron chi connectivity index (χ0n) is 14.4. The number of benzene rings is 2. The van der Waals surface area contributed by atoms with Gasteiger partial charge in [0.15, 0.2) is 23.0 Å². The lowest BCUT2D eigenvalue weighted by Gasteiger charge is -2.22. The highest BCUT2D eigenvalue weighted by Gasteiger charge is 2.42. The molecule has 3 heterocycles. The second-order valence-corrected chi connectivity index (χ2v) is 6.85. The number of ether oxygens (including phenoxy) is 5. The van der Waals surface area contributed by atoms with E-state index in [0.29, 0.717) is 35.0 Å². The molecule has 7 nitrogen and oxygen atoms in total. The van der Waals surface area contributed by atoms with E-state index < -0.39 is 12.0 Å². The Morgan fingerprint density at radius 2 is 1.56 bits per heavy atom. The monoisotopic (exact) mass is 370 g/mol. The van der Waals surface area contributed by atoms with E-state index >= 15 is 0 Å². The first-order chi connectivity index (χ1) is 13.2. The van der Waals surface area contributed by atoms with Gasteiger partial charge in [0, 0.05) is 5.92 Å². The van der Waals surface area contributed by atoms with Crippen LogP contribution in [0, 0.1) is 11.8 Å². The van der Waals surface area contributed by atoms with Gasteiger partial charge in [-0.1, -0.05) is 12.1 Å². The summed E-state index contributed by atoms with van der Waals surface area (Å²) in [5.41, 5.74) is 1.62. The van der Waals surface area contributed by atoms with Gasteiger partial charge in [0.1, 0.15) is 0 Å². The fraction of sp³-hybridized carbons (Fsp3) is 0.350. The van der Waals surface area contributed by atoms with Crippen molar-refractivity contribution in [2.45, 2.75) is 12.5 Å². The van der Waals surface area contributed by atoms with Crippen molar-refractivity contribution in [1.29, 1.82) is 0 Å². The summed E-state index contributed by atoms with van der Waals surface area (Å²) in [6, 6.07) is 10.9. The predicted molar refractivity (Wildman–Crippen MR) is 91.7 cm³/mol. The fourth-order valence-corrected chi connectivity index (χ4v) is 3.79. The molecule has 7 heteroatoms. The number of esters is 1. The minimum absolute atomic E-state index is 0.173. The summed E-state index contributed by atoms with van der Waals surface area (Å²) in [5, 5.41) is 10.9. The van der Waals surface area contributed by atoms with Crippen LogP contribution in [0.3, 0.4) is 0 Å². The Balaban J connectivity index is 1.37. The maximum Gasteiger partial charge on any atom is 0.309 e. The molecule has 2 aromatic rings. The number of carbonyl (C=O) groups is 1. The number of cyclic esters (lactones) is 1. The molecule has 0 amide bonds. The van der Waals surface area contributed by atoms with Gasteiger partial charge in [-0.3, -0.25) is 4.79 Å². The zero-order chi connectivity index (χ0) is 18.4. The van der Waals surface area contributed by atoms with Crippen LogP contribution >= 0.6 is 0 Å². The second kappa shape index (κ2) is 6.35. The first kappa shape index (κ1) is 16.3. The van der Waals surface area contributed by atoms with E-state index in [4.69, 9.17) is 23.7 Å². The quantitative estimate of drug-likeness (QED) is 0.826. The summed E-state index contributed by atoms with van der Waals surface area (Å²) in [7, 11) is 0. The first-order valence-electron chi connectivity index (χ1n) is 8.82. The number of aliphatic hydroxyl groups excluding tert-OH is 1. The van der Waals surface area contributed by atoms with E-state index in [2.05, 4.69) is 0 Å². The summed E-state index contributed by atoms with van der Waals surface area (Å²) in [4.78, 5) is 12.3. The molecule has 2 aromatic carbocycles. The van der Waals surface area contributed by atoms with Crippen molar-refractivity contribution in [2.75, 3.05) is 20.2 Å². The molecular formula is C20H18O7. The standard InChI is InChI=1S/C20H18O7/c21-19(12-2-4-16-18(7-12)27-10-25-16)14-8-23-20(22)13(14)5-11-1-3-15-17(6-11)26-9-24-15/h1-4,6-7,13-14,19,21H,5,8-10H2/t13-,14+,19?/m0/s1. The third-order valence-electron chi connectivity index (χ3n) is 5.27. The average molecular weight is 370 g/mol. The third-order valence-corrected chi connectivity index (χ3v) is 5.27. The van der Waals surface area contributed by atoms with Gasteiger partial charge in [0.25, 0.3) is 0 Å². The van der Waals surface area contributed by atoms with Crippen LogP contribution in [0.1, 0.15) is 17.2 Å². The molecule has 0 saturated carbocycles. The Hall–Kier alpha value is -2.93. The predicted octanol–water partition coefficient (Wildman–Crippen LogP) is 2.21. The highest BCUT2D eigenvalue weighted by molar-refractivity contribution is 5.75. The summed E-state index contributed by atoms with van der Waals surface area (Å²) >= 11 is 0. The number of hydrogen-bond donors (Lipinski definition) is 1. The molecule has 0 bridgehead atoms. The van der Waals surface area contributed by atoms with Crippen LogP contribution in [-0.2, 0) is 16.0 Å². The van der Waals surface area contributed by atoms with Crippen molar-refractivity contribution in [3.8, 4) is 23.0 Å². The van der Waals surface area contributed by atoms with Gasteiger partial charge >= 0.3 is 5.97 Å². The molecule has 0 aliphatic carbocycles. The number of fused-ring (bicyclic) bond motifs is 2. The fourth-order valence-electron chi connectivity index (χ4n) is 3.79. The van der Waals surface area contributed by atoms with Crippen LogP contribution in [0.2, 0.25) is 0 Å². The largest absolute Gasteiger partial charge is 0.465 e. The van der Waals surface area contributed by atoms with E-state index in [-0.39, 0.29) is 32.1 Å². The molecule has 3 atom stereocenters. The van der Waals surface area contributed by atoms with Crippen molar-refractivity contribution in [1.82, 2.24) is 0 Å². The molecule has 3 aliphatic rings. The Bertz CT molecular complexity index is 894. The molecule has 5 rings (SSSR count). The summed E-state index contributed by atoms with van der Waals surface area (Å²) in [6.45, 7) is 0.562. The Morgan fingerprint density at radius 1 is 0.889 bits per heavy atom. The van der Waals surface area contributed by atoms with Crippen molar-refractivity contribution < 1.29 is 33.6 Å². The summed E-state index contributed by atoms with van der Waals surface area (Å²) in [6.07, 6.45) is -0.383. The van der Waals surface area contributed by atoms with Crippen LogP contribution < -0.4 is 18.9 Å². The maximum atomic E-state index is 12.3. The lowest BCUT2D eigenvalue weighted by Crippen LogP contribution is -2.24. The first-order valence-corrected chi connectivity index (χ1v) is 8.82. The van der Waals surface area contributed by atoms with Crippen LogP contribution in [0.15, 0.2) is 36.4 Å². The van der Waals surface area contributed by atoms with Crippen LogP contribution in [-0.4, -0.2) is 31.3 Å². The zero-order valence-corrected chi connectivity index (χ0v) is 14.4. The maximum absolute atomic E-state index is 12.3. The van der Waals surface area contributed by atoms with Gasteiger partial charge in [0.2, 0.25) is 13.6 Å². The Labute approximate surface area is 155 Å². The van der Waals surface area contributed by atoms with E-state index in [1.54, 1.807) is 18.2 Å². The number of aliphatic hydroxyl groups is 1. The SMILES string of the molecule is O=C1OC[C@@H](C(O)c2ccc3c(c2)OCO3)[C@@H]1Cc1ccc2c(c1)OCO2. The minimum Gasteiger partial charge on any atom is -0.465 e. The molecule has 3 aliphatic heterocycles. The second-order valence-electron chi connectivity index (χ2n) is 6.85. The molecule has 1 unspecified atom stereocenters. The number of hydrogen-bond acceptors (Lipinski definition) is 7. The molecule has 27 heavy (non-hydrogen) atoms. The molecular weight excluding hydrogens is 352 g/mol. The van der Waals surface area contributed by atoms with Gasteiger partial charge in [-0.2, -0.15) is 0 Å². The molecule has 1 fully saturated rings. The molecule has 0 spiro atoms. The molecule has 1 saturated heterocycles. The average Bonchev–Trinajstić information content (AvgIpc) is 3.41. The summed E-state index contributed by atoms with van der Waals surface area (Å²) < 4.78 is 26.7. The summed E-state index contributed by atoms with van der Waals surface area (Å²) in [5.74, 6) is 1.55. The topological polar surface area (TPSA) is 83.5 Å². The van der Waals surface area contributed by atoms with Gasteiger partial charge in [-0.25, -0.2) is 0 Å². The minimum atomic E-state index is -0.843. The van der Waals surface area contributed by atoms with Crippen molar-refractivity contribution in [3.63, 3.8) is 0 Å². The molecule has 0 radical (unpaired) electrons. The van der Waals surface area contributed by atoms with Crippen molar-refractivity contribution in [3.05, 3.63) is 47.5 Å². The lowest BCUT2D eigenvalue weighted by molar-refractivity contribution is -0.141. The van der Waals surface area contributed by atoms with E-state index in [0.717, 1.165) is 5.56 Å². The van der Waals surface area contributed by atoms with Gasteiger partial charge < -0.3 is 28.8 Å². The lowest BCUT2D eigenvalue weighted by atomic mass is 9.83. The van der Waals surface area contributed by atoms with E-state index in [1.165, 1.54) is 0 Å². The number of carbonyl (C=O) groups excluding carboxylic acids is 1. The molecule has 1 N–H and O–H groups in total. The van der Waals surface area contributed by atoms with Crippen molar-refractivity contribution >= 4 is 5.97 Å². The van der Waals surface area contributed by atoms with E-state index in [9.17, 15) is 9.90 Å². The van der Waals surface area contributed by atoms with Gasteiger partial charge in [-0.15, -0.1) is 0 Å². The van der Waals surface area contributed by atoms with Gasteiger partial charge in [0.05, 0.1) is 18.6 Å². The van der Waals surface area contributed by atoms with Gasteiger partial charge in [-0.05, 0) is 41.8 Å². The third kappa shape index (κ3) is 2.84. The molecule has 140 valence electrons. The van der Waals surface area contributed by atoms with Crippen molar-refractivity contribution in [2.24, 2.45) is 11.8 Å². The molecule has 0 aromatic heterocycles. The normalized spacial score (nSPS) is 23.4. The highest BCUT2D eigenvalue weighted by atomic mass is 16.7. The van der Waals surface area contributed by atoms with Crippen LogP contribution in [0.5, 0.6) is 23.0 Å². The van der Waals surface area contributed by atoms with Crippen LogP contribution in [0.4, 0.5) is 0 Å². The van der Waals surface area contributed by atoms with Crippen LogP contribution in [0.25, 0.3) is 0 Å². The number of rotatable bonds is 4. The Kier molecular flexibility index (Phi) is 3.82.